The van der Waals surface area contributed by atoms with Crippen molar-refractivity contribution in [3.8, 4) is 0 Å². The van der Waals surface area contributed by atoms with E-state index >= 15 is 0 Å². The number of benzene rings is 1. The number of nitrogens with zero attached hydrogens (tertiary/aromatic N) is 1. The first-order valence-electron chi connectivity index (χ1n) is 9.80. The fraction of sp³-hybridized carbons (Fsp3) is 0.571. The molecule has 0 atom stereocenters. The van der Waals surface area contributed by atoms with Crippen molar-refractivity contribution < 1.29 is 14.4 Å². The molecule has 144 valence electrons. The molecular formula is C21H27N3O3. The minimum Gasteiger partial charge on any atom is -0.368 e. The van der Waals surface area contributed by atoms with Gasteiger partial charge in [0.15, 0.2) is 0 Å². The molecule has 0 aromatic heterocycles. The van der Waals surface area contributed by atoms with Crippen molar-refractivity contribution in [2.75, 3.05) is 18.9 Å². The van der Waals surface area contributed by atoms with Crippen molar-refractivity contribution >= 4 is 23.4 Å². The van der Waals surface area contributed by atoms with E-state index in [4.69, 9.17) is 5.73 Å². The number of amides is 3. The number of nitrogens with one attached hydrogen (secondary N) is 1. The highest BCUT2D eigenvalue weighted by Gasteiger charge is 2.51. The summed E-state index contributed by atoms with van der Waals surface area (Å²) in [5.41, 5.74) is 7.34. The Morgan fingerprint density at radius 3 is 2.04 bits per heavy atom. The molecule has 4 fully saturated rings. The summed E-state index contributed by atoms with van der Waals surface area (Å²) in [6, 6.07) is 7.99. The molecule has 1 aromatic rings. The molecule has 3 N–H and O–H groups in total. The second-order valence-corrected chi connectivity index (χ2v) is 8.86. The average molecular weight is 369 g/mol. The Kier molecular flexibility index (Phi) is 4.44. The molecule has 6 heteroatoms. The highest BCUT2D eigenvalue weighted by molar-refractivity contribution is 6.39. The lowest BCUT2D eigenvalue weighted by atomic mass is 9.48. The van der Waals surface area contributed by atoms with Crippen molar-refractivity contribution in [2.24, 2.45) is 23.5 Å². The van der Waals surface area contributed by atoms with E-state index in [0.29, 0.717) is 11.1 Å². The van der Waals surface area contributed by atoms with Gasteiger partial charge in [0, 0.05) is 12.7 Å². The molecule has 3 amide bonds. The highest BCUT2D eigenvalue weighted by Crippen LogP contribution is 2.60. The highest BCUT2D eigenvalue weighted by atomic mass is 16.2. The smallest absolute Gasteiger partial charge is 0.313 e. The second-order valence-electron chi connectivity index (χ2n) is 8.86. The third-order valence-electron chi connectivity index (χ3n) is 6.73. The summed E-state index contributed by atoms with van der Waals surface area (Å²) in [5.74, 6) is 0.455. The van der Waals surface area contributed by atoms with Crippen LogP contribution in [0.3, 0.4) is 0 Å². The number of carbonyl (C=O) groups is 3. The van der Waals surface area contributed by atoms with Gasteiger partial charge < -0.3 is 16.0 Å². The average Bonchev–Trinajstić information content (AvgIpc) is 2.59. The first kappa shape index (κ1) is 18.0. The maximum atomic E-state index is 12.1. The van der Waals surface area contributed by atoms with Crippen LogP contribution in [0.5, 0.6) is 0 Å². The number of anilines is 1. The van der Waals surface area contributed by atoms with Crippen LogP contribution in [-0.2, 0) is 19.8 Å². The summed E-state index contributed by atoms with van der Waals surface area (Å²) < 4.78 is 0. The molecule has 4 bridgehead atoms. The summed E-state index contributed by atoms with van der Waals surface area (Å²) in [4.78, 5) is 36.0. The van der Waals surface area contributed by atoms with Crippen LogP contribution in [0.4, 0.5) is 5.69 Å². The van der Waals surface area contributed by atoms with Crippen molar-refractivity contribution in [1.82, 2.24) is 4.90 Å². The number of hydrogen-bond donors (Lipinski definition) is 2. The zero-order valence-corrected chi connectivity index (χ0v) is 15.7. The predicted molar refractivity (Wildman–Crippen MR) is 102 cm³/mol. The van der Waals surface area contributed by atoms with E-state index < -0.39 is 17.7 Å². The Morgan fingerprint density at radius 2 is 1.56 bits per heavy atom. The van der Waals surface area contributed by atoms with Gasteiger partial charge in [-0.25, -0.2) is 0 Å². The molecule has 0 heterocycles. The molecule has 6 nitrogen and oxygen atoms in total. The van der Waals surface area contributed by atoms with Crippen LogP contribution in [0.15, 0.2) is 24.3 Å². The lowest BCUT2D eigenvalue weighted by Gasteiger charge is -2.57. The molecule has 0 unspecified atom stereocenters. The zero-order valence-electron chi connectivity index (χ0n) is 15.7. The Bertz CT molecular complexity index is 736. The van der Waals surface area contributed by atoms with Crippen LogP contribution in [0, 0.1) is 17.8 Å². The lowest BCUT2D eigenvalue weighted by Crippen LogP contribution is -2.48. The van der Waals surface area contributed by atoms with Gasteiger partial charge in [0.05, 0.1) is 6.54 Å². The molecule has 4 aliphatic rings. The standard InChI is InChI=1S/C21H27N3O3/c1-24(12-18(22)25)20(27)19(26)23-17-4-2-16(3-5-17)21-9-13-6-14(10-21)8-15(7-13)11-21/h2-5,13-15H,6-12H2,1H3,(H2,22,25)(H,23,26). The number of rotatable bonds is 4. The van der Waals surface area contributed by atoms with Gasteiger partial charge in [-0.1, -0.05) is 12.1 Å². The van der Waals surface area contributed by atoms with Crippen molar-refractivity contribution in [3.63, 3.8) is 0 Å². The van der Waals surface area contributed by atoms with E-state index in [1.807, 2.05) is 12.1 Å². The van der Waals surface area contributed by atoms with Gasteiger partial charge in [-0.3, -0.25) is 14.4 Å². The predicted octanol–water partition coefficient (Wildman–Crippen LogP) is 2.04. The first-order chi connectivity index (χ1) is 12.8. The van der Waals surface area contributed by atoms with Crippen molar-refractivity contribution in [3.05, 3.63) is 29.8 Å². The minimum absolute atomic E-state index is 0.281. The lowest BCUT2D eigenvalue weighted by molar-refractivity contribution is -0.143. The summed E-state index contributed by atoms with van der Waals surface area (Å²) in [6.45, 7) is -0.281. The molecule has 1 aromatic carbocycles. The molecule has 0 saturated heterocycles. The quantitative estimate of drug-likeness (QED) is 0.796. The number of carbonyl (C=O) groups excluding carboxylic acids is 3. The van der Waals surface area contributed by atoms with Gasteiger partial charge in [0.25, 0.3) is 0 Å². The third-order valence-corrected chi connectivity index (χ3v) is 6.73. The van der Waals surface area contributed by atoms with Gasteiger partial charge >= 0.3 is 11.8 Å². The van der Waals surface area contributed by atoms with Crippen molar-refractivity contribution in [1.29, 1.82) is 0 Å². The Morgan fingerprint density at radius 1 is 1.04 bits per heavy atom. The molecular weight excluding hydrogens is 342 g/mol. The van der Waals surface area contributed by atoms with Crippen LogP contribution in [0.2, 0.25) is 0 Å². The van der Waals surface area contributed by atoms with Crippen molar-refractivity contribution in [2.45, 2.75) is 43.9 Å². The Balaban J connectivity index is 1.43. The van der Waals surface area contributed by atoms with Crippen LogP contribution >= 0.6 is 0 Å². The topological polar surface area (TPSA) is 92.5 Å². The zero-order chi connectivity index (χ0) is 19.2. The van der Waals surface area contributed by atoms with E-state index in [9.17, 15) is 14.4 Å². The number of likely N-dealkylation sites (N-methyl/N-ethyl adjacent to an activating group) is 1. The SMILES string of the molecule is CN(CC(N)=O)C(=O)C(=O)Nc1ccc(C23CC4CC(CC(C4)C2)C3)cc1. The maximum absolute atomic E-state index is 12.1. The molecule has 4 saturated carbocycles. The van der Waals surface area contributed by atoms with Gasteiger partial charge in [-0.15, -0.1) is 0 Å². The van der Waals surface area contributed by atoms with Crippen LogP contribution < -0.4 is 11.1 Å². The summed E-state index contributed by atoms with van der Waals surface area (Å²) >= 11 is 0. The van der Waals surface area contributed by atoms with E-state index in [1.54, 1.807) is 0 Å². The number of primary amides is 1. The Labute approximate surface area is 159 Å². The summed E-state index contributed by atoms with van der Waals surface area (Å²) in [6.07, 6.45) is 8.11. The molecule has 0 spiro atoms. The Hall–Kier alpha value is -2.37. The summed E-state index contributed by atoms with van der Waals surface area (Å²) in [7, 11) is 1.38. The fourth-order valence-corrected chi connectivity index (χ4v) is 6.03. The van der Waals surface area contributed by atoms with Crippen LogP contribution in [0.1, 0.15) is 44.1 Å². The normalized spacial score (nSPS) is 30.8. The van der Waals surface area contributed by atoms with E-state index in [0.717, 1.165) is 22.7 Å². The second kappa shape index (κ2) is 6.66. The fourth-order valence-electron chi connectivity index (χ4n) is 6.03. The minimum atomic E-state index is -0.779. The first-order valence-corrected chi connectivity index (χ1v) is 9.80. The number of hydrogen-bond acceptors (Lipinski definition) is 3. The van der Waals surface area contributed by atoms with E-state index in [1.165, 1.54) is 51.1 Å². The maximum Gasteiger partial charge on any atom is 0.313 e. The molecule has 5 rings (SSSR count). The largest absolute Gasteiger partial charge is 0.368 e. The monoisotopic (exact) mass is 369 g/mol. The third kappa shape index (κ3) is 3.45. The van der Waals surface area contributed by atoms with Gasteiger partial charge in [0.2, 0.25) is 5.91 Å². The van der Waals surface area contributed by atoms with E-state index in [2.05, 4.69) is 17.4 Å². The van der Waals surface area contributed by atoms with Crippen LogP contribution in [-0.4, -0.2) is 36.2 Å². The molecule has 0 radical (unpaired) electrons. The van der Waals surface area contributed by atoms with Gasteiger partial charge in [-0.2, -0.15) is 0 Å². The van der Waals surface area contributed by atoms with Gasteiger partial charge in [-0.05, 0) is 79.4 Å². The molecule has 0 aliphatic heterocycles. The van der Waals surface area contributed by atoms with E-state index in [-0.39, 0.29) is 6.54 Å². The molecule has 27 heavy (non-hydrogen) atoms. The number of nitrogens with two attached hydrogens (primary N) is 1. The van der Waals surface area contributed by atoms with Gasteiger partial charge in [0.1, 0.15) is 0 Å². The molecule has 4 aliphatic carbocycles. The summed E-state index contributed by atoms with van der Waals surface area (Å²) in [5, 5.41) is 2.61. The van der Waals surface area contributed by atoms with Crippen LogP contribution in [0.25, 0.3) is 0 Å².